The Morgan fingerprint density at radius 3 is 2.13 bits per heavy atom. The van der Waals surface area contributed by atoms with Crippen LogP contribution in [0.4, 0.5) is 4.79 Å². The summed E-state index contributed by atoms with van der Waals surface area (Å²) in [5.41, 5.74) is 12.6. The molecule has 0 spiro atoms. The van der Waals surface area contributed by atoms with Crippen LogP contribution in [0.25, 0.3) is 33.6 Å². The fourth-order valence-electron chi connectivity index (χ4n) is 6.71. The monoisotopic (exact) mass is 607 g/mol. The van der Waals surface area contributed by atoms with Crippen LogP contribution in [0.3, 0.4) is 0 Å². The van der Waals surface area contributed by atoms with Crippen molar-refractivity contribution in [3.8, 4) is 33.6 Å². The van der Waals surface area contributed by atoms with Gasteiger partial charge >= 0.3 is 6.09 Å². The predicted octanol–water partition coefficient (Wildman–Crippen LogP) is 5.98. The summed E-state index contributed by atoms with van der Waals surface area (Å²) in [7, 11) is 1.31. The Kier molecular flexibility index (Phi) is 7.69. The molecule has 5 N–H and O–H groups in total. The van der Waals surface area contributed by atoms with E-state index in [-0.39, 0.29) is 30.0 Å². The molecule has 45 heavy (non-hydrogen) atoms. The molecule has 4 aromatic rings. The number of nitrogens with two attached hydrogens (primary N) is 1. The second kappa shape index (κ2) is 11.8. The number of ether oxygens (including phenoxy) is 1. The van der Waals surface area contributed by atoms with Crippen molar-refractivity contribution in [3.05, 3.63) is 72.6 Å². The number of carbonyl (C=O) groups is 2. The topological polar surface area (TPSA) is 142 Å². The molecule has 10 heteroatoms. The quantitative estimate of drug-likeness (QED) is 0.175. The van der Waals surface area contributed by atoms with Gasteiger partial charge in [0, 0.05) is 6.04 Å². The van der Waals surface area contributed by atoms with E-state index in [1.165, 1.54) is 20.0 Å². The van der Waals surface area contributed by atoms with Gasteiger partial charge in [0.15, 0.2) is 0 Å². The number of nitrogens with zero attached hydrogens (tertiary/aromatic N) is 3. The first-order chi connectivity index (χ1) is 21.8. The van der Waals surface area contributed by atoms with Gasteiger partial charge in [-0.25, -0.2) is 14.8 Å². The number of aromatic amines is 2. The number of H-pyrrole nitrogens is 2. The van der Waals surface area contributed by atoms with Crippen LogP contribution in [-0.2, 0) is 9.53 Å². The number of piperidine rings is 1. The third-order valence-electron chi connectivity index (χ3n) is 9.62. The van der Waals surface area contributed by atoms with E-state index in [0.717, 1.165) is 70.5 Å². The van der Waals surface area contributed by atoms with Crippen molar-refractivity contribution in [1.29, 1.82) is 0 Å². The zero-order valence-corrected chi connectivity index (χ0v) is 26.0. The molecular formula is C35H41N7O3. The lowest BCUT2D eigenvalue weighted by Gasteiger charge is -2.31. The van der Waals surface area contributed by atoms with Crippen molar-refractivity contribution >= 4 is 12.0 Å². The van der Waals surface area contributed by atoms with Crippen LogP contribution >= 0.6 is 0 Å². The molecule has 3 fully saturated rings. The normalized spacial score (nSPS) is 21.8. The van der Waals surface area contributed by atoms with Gasteiger partial charge in [0.1, 0.15) is 17.7 Å². The van der Waals surface area contributed by atoms with E-state index in [1.54, 1.807) is 0 Å². The number of fused-ring (bicyclic) bond motifs is 1. The lowest BCUT2D eigenvalue weighted by atomic mass is 10.0. The van der Waals surface area contributed by atoms with Crippen molar-refractivity contribution < 1.29 is 14.3 Å². The number of likely N-dealkylation sites (tertiary alicyclic amines) is 1. The van der Waals surface area contributed by atoms with Crippen LogP contribution in [0.1, 0.15) is 69.7 Å². The van der Waals surface area contributed by atoms with Gasteiger partial charge in [-0.15, -0.1) is 0 Å². The van der Waals surface area contributed by atoms with E-state index in [0.29, 0.717) is 5.92 Å². The van der Waals surface area contributed by atoms with Crippen molar-refractivity contribution in [3.63, 3.8) is 0 Å². The molecule has 2 aromatic heterocycles. The number of alkyl carbamates (subject to hydrolysis) is 1. The standard InChI is InChI=1S/C35H41N7O3/c1-19(2)31(41-35(44)45-3)34(43)42-29-15-25(29)16-30(42)33-38-18-28(40-33)24-12-8-22(9-13-24)21-6-10-23(11-7-21)27-17-37-32(39-27)26(36)14-20-4-5-20/h6-13,17-20,25-26,29-31H,4-5,14-16,36H2,1-3H3,(H,37,39)(H,38,40)(H,41,44)/t25-,26+,29-,30+,31+/m1/s1. The summed E-state index contributed by atoms with van der Waals surface area (Å²) in [4.78, 5) is 43.7. The Bertz CT molecular complexity index is 1670. The number of hydrogen-bond donors (Lipinski definition) is 4. The second-order valence-electron chi connectivity index (χ2n) is 13.2. The van der Waals surface area contributed by atoms with Crippen molar-refractivity contribution in [2.45, 2.75) is 70.1 Å². The summed E-state index contributed by atoms with van der Waals surface area (Å²) in [6, 6.07) is 16.2. The third-order valence-corrected chi connectivity index (χ3v) is 9.62. The maximum Gasteiger partial charge on any atom is 0.407 e. The lowest BCUT2D eigenvalue weighted by Crippen LogP contribution is -2.52. The summed E-state index contributed by atoms with van der Waals surface area (Å²) in [6.07, 6.45) is 8.55. The highest BCUT2D eigenvalue weighted by molar-refractivity contribution is 5.87. The lowest BCUT2D eigenvalue weighted by molar-refractivity contribution is -0.136. The number of carbonyl (C=O) groups excluding carboxylic acids is 2. The second-order valence-corrected chi connectivity index (χ2v) is 13.2. The highest BCUT2D eigenvalue weighted by atomic mass is 16.5. The molecule has 0 bridgehead atoms. The zero-order valence-electron chi connectivity index (χ0n) is 26.0. The minimum atomic E-state index is -0.650. The molecule has 1 saturated heterocycles. The van der Waals surface area contributed by atoms with Crippen LogP contribution in [0.5, 0.6) is 0 Å². The van der Waals surface area contributed by atoms with Crippen LogP contribution < -0.4 is 11.1 Å². The molecule has 2 aliphatic carbocycles. The Balaban J connectivity index is 1.03. The Morgan fingerprint density at radius 1 is 0.933 bits per heavy atom. The molecule has 2 aromatic carbocycles. The van der Waals surface area contributed by atoms with Gasteiger partial charge in [-0.2, -0.15) is 0 Å². The fourth-order valence-corrected chi connectivity index (χ4v) is 6.71. The molecule has 0 unspecified atom stereocenters. The molecule has 2 amide bonds. The highest BCUT2D eigenvalue weighted by Crippen LogP contribution is 2.53. The zero-order chi connectivity index (χ0) is 31.2. The molecule has 3 aliphatic rings. The van der Waals surface area contributed by atoms with Crippen LogP contribution in [0.15, 0.2) is 60.9 Å². The Morgan fingerprint density at radius 2 is 1.53 bits per heavy atom. The van der Waals surface area contributed by atoms with Gasteiger partial charge < -0.3 is 30.7 Å². The number of aromatic nitrogens is 4. The molecule has 7 rings (SSSR count). The summed E-state index contributed by atoms with van der Waals surface area (Å²) in [5, 5.41) is 2.74. The molecule has 10 nitrogen and oxygen atoms in total. The molecule has 5 atom stereocenters. The summed E-state index contributed by atoms with van der Waals surface area (Å²) < 4.78 is 4.78. The van der Waals surface area contributed by atoms with Gasteiger partial charge in [0.2, 0.25) is 5.91 Å². The summed E-state index contributed by atoms with van der Waals surface area (Å²) in [5.74, 6) is 2.72. The number of rotatable bonds is 10. The van der Waals surface area contributed by atoms with Crippen molar-refractivity contribution in [1.82, 2.24) is 30.2 Å². The number of amides is 2. The van der Waals surface area contributed by atoms with Gasteiger partial charge in [-0.1, -0.05) is 75.2 Å². The van der Waals surface area contributed by atoms with E-state index in [1.807, 2.05) is 31.1 Å². The maximum atomic E-state index is 13.7. The molecular weight excluding hydrogens is 566 g/mol. The van der Waals surface area contributed by atoms with Crippen molar-refractivity contribution in [2.24, 2.45) is 23.5 Å². The smallest absolute Gasteiger partial charge is 0.407 e. The predicted molar refractivity (Wildman–Crippen MR) is 172 cm³/mol. The number of nitrogens with one attached hydrogen (secondary N) is 3. The first-order valence-corrected chi connectivity index (χ1v) is 16.0. The van der Waals surface area contributed by atoms with Crippen LogP contribution in [-0.4, -0.2) is 56.0 Å². The SMILES string of the molecule is COC(=O)N[C@H](C(=O)N1[C@@H]2C[C@@H]2C[C@H]1c1ncc(-c2ccc(-c3ccc(-c4cnc([C@@H](N)CC5CC5)[nH]4)cc3)cc2)[nH]1)C(C)C. The number of hydrogen-bond acceptors (Lipinski definition) is 6. The van der Waals surface area contributed by atoms with E-state index in [9.17, 15) is 9.59 Å². The van der Waals surface area contributed by atoms with E-state index < -0.39 is 12.1 Å². The van der Waals surface area contributed by atoms with Gasteiger partial charge in [0.05, 0.1) is 43.0 Å². The number of imidazole rings is 2. The van der Waals surface area contributed by atoms with Crippen LogP contribution in [0, 0.1) is 17.8 Å². The first-order valence-electron chi connectivity index (χ1n) is 16.0. The largest absolute Gasteiger partial charge is 0.453 e. The van der Waals surface area contributed by atoms with Crippen LogP contribution in [0.2, 0.25) is 0 Å². The summed E-state index contributed by atoms with van der Waals surface area (Å²) in [6.45, 7) is 3.86. The molecule has 3 heterocycles. The Hall–Kier alpha value is -4.44. The van der Waals surface area contributed by atoms with E-state index in [4.69, 9.17) is 15.5 Å². The molecule has 2 saturated carbocycles. The minimum absolute atomic E-state index is 0.0345. The maximum absolute atomic E-state index is 13.7. The highest BCUT2D eigenvalue weighted by Gasteiger charge is 2.56. The van der Waals surface area contributed by atoms with E-state index >= 15 is 0 Å². The molecule has 234 valence electrons. The van der Waals surface area contributed by atoms with E-state index in [2.05, 4.69) is 68.8 Å². The number of methoxy groups -OCH3 is 1. The van der Waals surface area contributed by atoms with Gasteiger partial charge in [0.25, 0.3) is 0 Å². The fraction of sp³-hybridized carbons (Fsp3) is 0.429. The van der Waals surface area contributed by atoms with Gasteiger partial charge in [-0.3, -0.25) is 4.79 Å². The van der Waals surface area contributed by atoms with Crippen molar-refractivity contribution in [2.75, 3.05) is 7.11 Å². The average molecular weight is 608 g/mol. The summed E-state index contributed by atoms with van der Waals surface area (Å²) >= 11 is 0. The van der Waals surface area contributed by atoms with Gasteiger partial charge in [-0.05, 0) is 59.3 Å². The average Bonchev–Trinajstić information content (AvgIpc) is 3.83. The number of benzene rings is 2. The molecule has 0 radical (unpaired) electrons. The first kappa shape index (κ1) is 29.3. The molecule has 1 aliphatic heterocycles. The third kappa shape index (κ3) is 5.99. The Labute approximate surface area is 263 Å². The minimum Gasteiger partial charge on any atom is -0.453 e.